The second kappa shape index (κ2) is 5.12. The Kier molecular flexibility index (Phi) is 3.27. The van der Waals surface area contributed by atoms with E-state index < -0.39 is 0 Å². The van der Waals surface area contributed by atoms with E-state index in [1.54, 1.807) is 12.1 Å². The van der Waals surface area contributed by atoms with E-state index in [9.17, 15) is 4.39 Å². The van der Waals surface area contributed by atoms with Gasteiger partial charge in [-0.05, 0) is 61.6 Å². The number of halogens is 1. The van der Waals surface area contributed by atoms with Crippen LogP contribution in [0.3, 0.4) is 0 Å². The third kappa shape index (κ3) is 2.49. The van der Waals surface area contributed by atoms with Crippen molar-refractivity contribution in [1.29, 1.82) is 0 Å². The van der Waals surface area contributed by atoms with Gasteiger partial charge in [0.05, 0.1) is 6.10 Å². The molecule has 0 amide bonds. The number of hydrogen-bond acceptors (Lipinski definition) is 2. The Labute approximate surface area is 119 Å². The molecule has 0 spiro atoms. The van der Waals surface area contributed by atoms with Crippen LogP contribution in [0.4, 0.5) is 4.39 Å². The highest BCUT2D eigenvalue weighted by atomic mass is 19.1. The van der Waals surface area contributed by atoms with Gasteiger partial charge >= 0.3 is 0 Å². The number of ether oxygens (including phenoxy) is 1. The molecule has 1 N–H and O–H groups in total. The fourth-order valence-corrected chi connectivity index (χ4v) is 3.74. The number of nitrogens with one attached hydrogen (secondary N) is 1. The molecule has 20 heavy (non-hydrogen) atoms. The van der Waals surface area contributed by atoms with Crippen LogP contribution in [0.25, 0.3) is 0 Å². The predicted molar refractivity (Wildman–Crippen MR) is 76.2 cm³/mol. The zero-order chi connectivity index (χ0) is 13.5. The first-order valence-electron chi connectivity index (χ1n) is 7.93. The average Bonchev–Trinajstić information content (AvgIpc) is 3.15. The largest absolute Gasteiger partial charge is 0.376 e. The third-order valence-electron chi connectivity index (χ3n) is 5.15. The third-order valence-corrected chi connectivity index (χ3v) is 5.15. The zero-order valence-corrected chi connectivity index (χ0v) is 11.7. The number of benzene rings is 1. The minimum absolute atomic E-state index is 0.141. The Morgan fingerprint density at radius 2 is 1.80 bits per heavy atom. The maximum absolute atomic E-state index is 12.9. The highest BCUT2D eigenvalue weighted by molar-refractivity contribution is 5.23. The summed E-state index contributed by atoms with van der Waals surface area (Å²) < 4.78 is 18.8. The van der Waals surface area contributed by atoms with Gasteiger partial charge in [0.1, 0.15) is 5.82 Å². The van der Waals surface area contributed by atoms with Gasteiger partial charge in [0, 0.05) is 18.7 Å². The number of hydrogen-bond donors (Lipinski definition) is 1. The predicted octanol–water partition coefficient (Wildman–Crippen LogP) is 3.23. The molecule has 1 heterocycles. The molecule has 1 aromatic carbocycles. The van der Waals surface area contributed by atoms with E-state index in [0.29, 0.717) is 24.1 Å². The zero-order valence-electron chi connectivity index (χ0n) is 11.7. The Balaban J connectivity index is 1.29. The molecule has 4 rings (SSSR count). The van der Waals surface area contributed by atoms with Crippen LogP contribution in [0.15, 0.2) is 24.3 Å². The van der Waals surface area contributed by atoms with E-state index in [1.807, 2.05) is 12.1 Å². The molecule has 2 atom stereocenters. The van der Waals surface area contributed by atoms with Crippen molar-refractivity contribution in [2.75, 3.05) is 6.61 Å². The van der Waals surface area contributed by atoms with Gasteiger partial charge in [-0.3, -0.25) is 0 Å². The fourth-order valence-electron chi connectivity index (χ4n) is 3.74. The first-order chi connectivity index (χ1) is 9.79. The van der Waals surface area contributed by atoms with E-state index in [4.69, 9.17) is 4.74 Å². The van der Waals surface area contributed by atoms with E-state index in [0.717, 1.165) is 12.5 Å². The minimum Gasteiger partial charge on any atom is -0.376 e. The van der Waals surface area contributed by atoms with Gasteiger partial charge in [0.25, 0.3) is 0 Å². The highest BCUT2D eigenvalue weighted by Crippen LogP contribution is 2.41. The molecular formula is C17H22FNO. The monoisotopic (exact) mass is 275 g/mol. The standard InChI is InChI=1S/C17H22FNO/c18-14-5-3-11(4-6-14)13-9-15(10-13)19-16-7-8-20-17(16)12-1-2-12/h3-6,12-13,15-17,19H,1-2,7-10H2. The first-order valence-corrected chi connectivity index (χ1v) is 7.93. The summed E-state index contributed by atoms with van der Waals surface area (Å²) >= 11 is 0. The summed E-state index contributed by atoms with van der Waals surface area (Å²) in [5.74, 6) is 1.29. The summed E-state index contributed by atoms with van der Waals surface area (Å²) in [7, 11) is 0. The lowest BCUT2D eigenvalue weighted by atomic mass is 9.75. The van der Waals surface area contributed by atoms with Crippen LogP contribution < -0.4 is 5.32 Å². The summed E-state index contributed by atoms with van der Waals surface area (Å²) in [6.45, 7) is 0.924. The second-order valence-corrected chi connectivity index (χ2v) is 6.65. The van der Waals surface area contributed by atoms with Crippen molar-refractivity contribution in [3.63, 3.8) is 0 Å². The minimum atomic E-state index is -0.141. The SMILES string of the molecule is Fc1ccc(C2CC(NC3CCOC3C3CC3)C2)cc1. The smallest absolute Gasteiger partial charge is 0.123 e. The van der Waals surface area contributed by atoms with Gasteiger partial charge in [-0.2, -0.15) is 0 Å². The molecular weight excluding hydrogens is 253 g/mol. The van der Waals surface area contributed by atoms with Gasteiger partial charge in [0.2, 0.25) is 0 Å². The second-order valence-electron chi connectivity index (χ2n) is 6.65. The van der Waals surface area contributed by atoms with Gasteiger partial charge in [0.15, 0.2) is 0 Å². The molecule has 2 nitrogen and oxygen atoms in total. The number of rotatable bonds is 4. The van der Waals surface area contributed by atoms with E-state index in [-0.39, 0.29) is 5.82 Å². The molecule has 0 aromatic heterocycles. The van der Waals surface area contributed by atoms with Crippen LogP contribution in [0.5, 0.6) is 0 Å². The van der Waals surface area contributed by atoms with Crippen molar-refractivity contribution in [2.45, 2.75) is 56.2 Å². The summed E-state index contributed by atoms with van der Waals surface area (Å²) in [5, 5.41) is 3.80. The Bertz CT molecular complexity index is 464. The maximum atomic E-state index is 12.9. The molecule has 2 saturated carbocycles. The van der Waals surface area contributed by atoms with Crippen molar-refractivity contribution >= 4 is 0 Å². The Morgan fingerprint density at radius 1 is 1.05 bits per heavy atom. The van der Waals surface area contributed by atoms with Crippen molar-refractivity contribution in [3.05, 3.63) is 35.6 Å². The van der Waals surface area contributed by atoms with Crippen LogP contribution in [0.2, 0.25) is 0 Å². The van der Waals surface area contributed by atoms with Crippen LogP contribution in [-0.4, -0.2) is 24.8 Å². The topological polar surface area (TPSA) is 21.3 Å². The van der Waals surface area contributed by atoms with Gasteiger partial charge in [-0.15, -0.1) is 0 Å². The van der Waals surface area contributed by atoms with Crippen molar-refractivity contribution < 1.29 is 9.13 Å². The van der Waals surface area contributed by atoms with Crippen LogP contribution >= 0.6 is 0 Å². The first kappa shape index (κ1) is 12.8. The van der Waals surface area contributed by atoms with Gasteiger partial charge in [-0.25, -0.2) is 4.39 Å². The van der Waals surface area contributed by atoms with Crippen LogP contribution in [0, 0.1) is 11.7 Å². The molecule has 0 bridgehead atoms. The van der Waals surface area contributed by atoms with E-state index in [2.05, 4.69) is 5.32 Å². The lowest BCUT2D eigenvalue weighted by molar-refractivity contribution is 0.0749. The molecule has 0 radical (unpaired) electrons. The summed E-state index contributed by atoms with van der Waals surface area (Å²) in [6, 6.07) is 8.21. The van der Waals surface area contributed by atoms with Gasteiger partial charge < -0.3 is 10.1 Å². The maximum Gasteiger partial charge on any atom is 0.123 e. The molecule has 2 aliphatic carbocycles. The van der Waals surface area contributed by atoms with E-state index in [1.165, 1.54) is 37.7 Å². The van der Waals surface area contributed by atoms with Gasteiger partial charge in [-0.1, -0.05) is 12.1 Å². The molecule has 1 saturated heterocycles. The molecule has 3 aliphatic rings. The summed E-state index contributed by atoms with van der Waals surface area (Å²) in [5.41, 5.74) is 1.28. The van der Waals surface area contributed by atoms with Crippen LogP contribution in [-0.2, 0) is 4.74 Å². The lowest BCUT2D eigenvalue weighted by Gasteiger charge is -2.39. The fraction of sp³-hybridized carbons (Fsp3) is 0.647. The molecule has 1 aromatic rings. The molecule has 108 valence electrons. The molecule has 1 aliphatic heterocycles. The Hall–Kier alpha value is -0.930. The Morgan fingerprint density at radius 3 is 2.50 bits per heavy atom. The van der Waals surface area contributed by atoms with Crippen molar-refractivity contribution in [3.8, 4) is 0 Å². The molecule has 3 heteroatoms. The lowest BCUT2D eigenvalue weighted by Crippen LogP contribution is -2.49. The normalized spacial score (nSPS) is 36.9. The van der Waals surface area contributed by atoms with Crippen LogP contribution in [0.1, 0.15) is 43.6 Å². The highest BCUT2D eigenvalue weighted by Gasteiger charge is 2.42. The van der Waals surface area contributed by atoms with E-state index >= 15 is 0 Å². The average molecular weight is 275 g/mol. The summed E-state index contributed by atoms with van der Waals surface area (Å²) in [4.78, 5) is 0. The quantitative estimate of drug-likeness (QED) is 0.911. The molecule has 2 unspecified atom stereocenters. The van der Waals surface area contributed by atoms with Crippen molar-refractivity contribution in [2.24, 2.45) is 5.92 Å². The van der Waals surface area contributed by atoms with Crippen molar-refractivity contribution in [1.82, 2.24) is 5.32 Å². The molecule has 3 fully saturated rings. The summed E-state index contributed by atoms with van der Waals surface area (Å²) in [6.07, 6.45) is 6.70.